The topological polar surface area (TPSA) is 17.1 Å². The van der Waals surface area contributed by atoms with Crippen molar-refractivity contribution in [2.24, 2.45) is 0 Å². The van der Waals surface area contributed by atoms with Gasteiger partial charge in [-0.1, -0.05) is 37.3 Å². The van der Waals surface area contributed by atoms with Gasteiger partial charge in [-0.15, -0.1) is 0 Å². The molecule has 0 amide bonds. The van der Waals surface area contributed by atoms with Crippen molar-refractivity contribution in [2.75, 3.05) is 6.26 Å². The normalized spacial score (nSPS) is 14.9. The second kappa shape index (κ2) is 5.07. The van der Waals surface area contributed by atoms with E-state index < -0.39 is 0 Å². The third-order valence-electron chi connectivity index (χ3n) is 2.21. The maximum absolute atomic E-state index is 10.9. The van der Waals surface area contributed by atoms with Gasteiger partial charge in [-0.3, -0.25) is 0 Å². The fourth-order valence-electron chi connectivity index (χ4n) is 1.28. The Kier molecular flexibility index (Phi) is 4.03. The Morgan fingerprint density at radius 1 is 1.31 bits per heavy atom. The number of rotatable bonds is 4. The minimum absolute atomic E-state index is 0.0243. The largest absolute Gasteiger partial charge is 0.303 e. The van der Waals surface area contributed by atoms with Gasteiger partial charge in [-0.25, -0.2) is 0 Å². The molecule has 13 heavy (non-hydrogen) atoms. The van der Waals surface area contributed by atoms with E-state index in [9.17, 15) is 4.79 Å². The summed E-state index contributed by atoms with van der Waals surface area (Å²) in [7, 11) is 0. The van der Waals surface area contributed by atoms with Crippen LogP contribution in [0.1, 0.15) is 18.4 Å². The molecule has 0 saturated heterocycles. The monoisotopic (exact) mass is 194 g/mol. The van der Waals surface area contributed by atoms with Gasteiger partial charge in [0.05, 0.1) is 5.92 Å². The first-order valence-electron chi connectivity index (χ1n) is 4.32. The summed E-state index contributed by atoms with van der Waals surface area (Å²) in [6.45, 7) is 2.08. The smallest absolute Gasteiger partial charge is 0.128 e. The highest BCUT2D eigenvalue weighted by Gasteiger charge is 2.16. The van der Waals surface area contributed by atoms with Crippen LogP contribution in [0, 0.1) is 0 Å². The third-order valence-corrected chi connectivity index (χ3v) is 3.25. The molecule has 1 nitrogen and oxygen atoms in total. The van der Waals surface area contributed by atoms with E-state index in [2.05, 4.69) is 6.92 Å². The molecule has 0 aliphatic heterocycles. The van der Waals surface area contributed by atoms with Crippen LogP contribution in [0.25, 0.3) is 0 Å². The molecule has 1 aromatic rings. The average Bonchev–Trinajstić information content (AvgIpc) is 2.20. The molecule has 0 N–H and O–H groups in total. The molecule has 0 aromatic heterocycles. The summed E-state index contributed by atoms with van der Waals surface area (Å²) >= 11 is 1.72. The molecule has 0 bridgehead atoms. The van der Waals surface area contributed by atoms with Crippen LogP contribution >= 0.6 is 11.8 Å². The molecule has 1 rings (SSSR count). The maximum atomic E-state index is 10.9. The Labute approximate surface area is 83.5 Å². The number of thioether (sulfide) groups is 1. The Morgan fingerprint density at radius 2 is 1.92 bits per heavy atom. The van der Waals surface area contributed by atoms with Gasteiger partial charge in [-0.05, 0) is 11.8 Å². The van der Waals surface area contributed by atoms with Crippen molar-refractivity contribution < 1.29 is 4.79 Å². The van der Waals surface area contributed by atoms with Crippen molar-refractivity contribution in [3.8, 4) is 0 Å². The molecule has 0 saturated carbocycles. The molecule has 70 valence electrons. The second-order valence-electron chi connectivity index (χ2n) is 3.01. The van der Waals surface area contributed by atoms with Gasteiger partial charge in [0.1, 0.15) is 6.29 Å². The van der Waals surface area contributed by atoms with E-state index in [0.29, 0.717) is 5.25 Å². The van der Waals surface area contributed by atoms with Gasteiger partial charge in [-0.2, -0.15) is 11.8 Å². The summed E-state index contributed by atoms with van der Waals surface area (Å²) in [5, 5.41) is 0.347. The maximum Gasteiger partial charge on any atom is 0.128 e. The number of carbonyl (C=O) groups is 1. The molecule has 0 spiro atoms. The zero-order valence-corrected chi connectivity index (χ0v) is 8.75. The molecule has 0 radical (unpaired) electrons. The fraction of sp³-hybridized carbons (Fsp3) is 0.364. The van der Waals surface area contributed by atoms with Crippen molar-refractivity contribution in [2.45, 2.75) is 18.1 Å². The Balaban J connectivity index is 2.84. The lowest BCUT2D eigenvalue weighted by atomic mass is 9.98. The van der Waals surface area contributed by atoms with E-state index in [4.69, 9.17) is 0 Å². The van der Waals surface area contributed by atoms with E-state index in [1.165, 1.54) is 0 Å². The highest BCUT2D eigenvalue weighted by molar-refractivity contribution is 7.99. The summed E-state index contributed by atoms with van der Waals surface area (Å²) in [5.41, 5.74) is 1.11. The van der Waals surface area contributed by atoms with Crippen LogP contribution in [0.15, 0.2) is 30.3 Å². The molecule has 1 aromatic carbocycles. The average molecular weight is 194 g/mol. The predicted octanol–water partition coefficient (Wildman–Crippen LogP) is 2.72. The van der Waals surface area contributed by atoms with Gasteiger partial charge in [0.15, 0.2) is 0 Å². The van der Waals surface area contributed by atoms with Crippen LogP contribution in [0.2, 0.25) is 0 Å². The van der Waals surface area contributed by atoms with Crippen molar-refractivity contribution in [1.29, 1.82) is 0 Å². The number of aldehydes is 1. The molecular weight excluding hydrogens is 180 g/mol. The molecule has 0 aliphatic carbocycles. The van der Waals surface area contributed by atoms with E-state index in [1.807, 2.05) is 36.6 Å². The van der Waals surface area contributed by atoms with E-state index in [1.54, 1.807) is 11.8 Å². The van der Waals surface area contributed by atoms with Gasteiger partial charge < -0.3 is 4.79 Å². The number of hydrogen-bond acceptors (Lipinski definition) is 2. The van der Waals surface area contributed by atoms with Crippen molar-refractivity contribution in [3.05, 3.63) is 35.9 Å². The Morgan fingerprint density at radius 3 is 2.38 bits per heavy atom. The standard InChI is InChI=1S/C11H14OS/c1-9(13-2)11(8-12)10-6-4-3-5-7-10/h3-9,11H,1-2H3. The quantitative estimate of drug-likeness (QED) is 0.685. The molecular formula is C11H14OS. The summed E-state index contributed by atoms with van der Waals surface area (Å²) in [5.74, 6) is 0.0243. The Hall–Kier alpha value is -0.760. The second-order valence-corrected chi connectivity index (χ2v) is 4.23. The van der Waals surface area contributed by atoms with Crippen LogP contribution in [0.3, 0.4) is 0 Å². The van der Waals surface area contributed by atoms with E-state index >= 15 is 0 Å². The number of benzene rings is 1. The van der Waals surface area contributed by atoms with Gasteiger partial charge >= 0.3 is 0 Å². The first kappa shape index (κ1) is 10.3. The van der Waals surface area contributed by atoms with Gasteiger partial charge in [0, 0.05) is 5.25 Å². The van der Waals surface area contributed by atoms with Gasteiger partial charge in [0.25, 0.3) is 0 Å². The van der Waals surface area contributed by atoms with Crippen LogP contribution in [0.4, 0.5) is 0 Å². The molecule has 0 fully saturated rings. The zero-order chi connectivity index (χ0) is 9.68. The van der Waals surface area contributed by atoms with Crippen LogP contribution in [0.5, 0.6) is 0 Å². The molecule has 0 heterocycles. The van der Waals surface area contributed by atoms with Crippen molar-refractivity contribution in [3.63, 3.8) is 0 Å². The highest BCUT2D eigenvalue weighted by Crippen LogP contribution is 2.24. The minimum atomic E-state index is 0.0243. The molecule has 2 heteroatoms. The van der Waals surface area contributed by atoms with Crippen molar-refractivity contribution in [1.82, 2.24) is 0 Å². The molecule has 2 unspecified atom stereocenters. The summed E-state index contributed by atoms with van der Waals surface area (Å²) in [4.78, 5) is 10.9. The first-order chi connectivity index (χ1) is 6.29. The van der Waals surface area contributed by atoms with Crippen LogP contribution < -0.4 is 0 Å². The SMILES string of the molecule is CSC(C)C(C=O)c1ccccc1. The summed E-state index contributed by atoms with van der Waals surface area (Å²) in [6, 6.07) is 9.92. The molecule has 2 atom stereocenters. The lowest BCUT2D eigenvalue weighted by Crippen LogP contribution is -2.12. The van der Waals surface area contributed by atoms with Crippen LogP contribution in [-0.2, 0) is 4.79 Å². The van der Waals surface area contributed by atoms with Crippen LogP contribution in [-0.4, -0.2) is 17.8 Å². The van der Waals surface area contributed by atoms with E-state index in [-0.39, 0.29) is 5.92 Å². The molecule has 0 aliphatic rings. The third kappa shape index (κ3) is 2.59. The lowest BCUT2D eigenvalue weighted by molar-refractivity contribution is -0.109. The van der Waals surface area contributed by atoms with Gasteiger partial charge in [0.2, 0.25) is 0 Å². The lowest BCUT2D eigenvalue weighted by Gasteiger charge is -2.16. The summed E-state index contributed by atoms with van der Waals surface area (Å²) in [6.07, 6.45) is 3.07. The minimum Gasteiger partial charge on any atom is -0.303 e. The number of hydrogen-bond donors (Lipinski definition) is 0. The summed E-state index contributed by atoms with van der Waals surface area (Å²) < 4.78 is 0. The van der Waals surface area contributed by atoms with Crippen molar-refractivity contribution >= 4 is 18.0 Å². The highest BCUT2D eigenvalue weighted by atomic mass is 32.2. The first-order valence-corrected chi connectivity index (χ1v) is 5.61. The zero-order valence-electron chi connectivity index (χ0n) is 7.94. The Bertz CT molecular complexity index is 258. The van der Waals surface area contributed by atoms with E-state index in [0.717, 1.165) is 11.8 Å². The number of carbonyl (C=O) groups excluding carboxylic acids is 1. The predicted molar refractivity (Wildman–Crippen MR) is 58.2 cm³/mol. The fourth-order valence-corrected chi connectivity index (χ4v) is 1.80.